The molecule has 3 aromatic rings. The third-order valence-electron chi connectivity index (χ3n) is 4.40. The summed E-state index contributed by atoms with van der Waals surface area (Å²) in [6.07, 6.45) is 1.62. The molecule has 2 aromatic carbocycles. The minimum atomic E-state index is 0.500. The van der Waals surface area contributed by atoms with E-state index >= 15 is 0 Å². The molecule has 0 spiro atoms. The fourth-order valence-electron chi connectivity index (χ4n) is 2.82. The van der Waals surface area contributed by atoms with Gasteiger partial charge < -0.3 is 15.5 Å². The van der Waals surface area contributed by atoms with E-state index in [4.69, 9.17) is 0 Å². The lowest BCUT2D eigenvalue weighted by Crippen LogP contribution is -2.21. The zero-order valence-corrected chi connectivity index (χ0v) is 16.1. The Balaban J connectivity index is 1.62. The van der Waals surface area contributed by atoms with Crippen LogP contribution in [0.3, 0.4) is 0 Å². The number of benzene rings is 2. The highest BCUT2D eigenvalue weighted by atomic mass is 15.3. The fourth-order valence-corrected chi connectivity index (χ4v) is 2.82. The molecule has 1 heterocycles. The molecule has 0 radical (unpaired) electrons. The van der Waals surface area contributed by atoms with Gasteiger partial charge in [-0.15, -0.1) is 5.10 Å². The highest BCUT2D eigenvalue weighted by molar-refractivity contribution is 5.60. The summed E-state index contributed by atoms with van der Waals surface area (Å²) in [5.74, 6) is 1.16. The predicted molar refractivity (Wildman–Crippen MR) is 112 cm³/mol. The zero-order chi connectivity index (χ0) is 19.1. The second-order valence-corrected chi connectivity index (χ2v) is 6.35. The second-order valence-electron chi connectivity index (χ2n) is 6.35. The van der Waals surface area contributed by atoms with Gasteiger partial charge in [0.05, 0.1) is 6.20 Å². The van der Waals surface area contributed by atoms with Gasteiger partial charge in [-0.05, 0) is 50.6 Å². The van der Waals surface area contributed by atoms with Gasteiger partial charge in [0.15, 0.2) is 5.82 Å². The largest absolute Gasteiger partial charge is 0.372 e. The topological polar surface area (TPSA) is 66.0 Å². The summed E-state index contributed by atoms with van der Waals surface area (Å²) in [6, 6.07) is 16.7. The molecule has 0 aliphatic heterocycles. The maximum atomic E-state index is 4.48. The van der Waals surface area contributed by atoms with Crippen molar-refractivity contribution >= 4 is 23.1 Å². The van der Waals surface area contributed by atoms with Crippen LogP contribution in [0.25, 0.3) is 0 Å². The molecule has 0 unspecified atom stereocenters. The smallest absolute Gasteiger partial charge is 0.244 e. The van der Waals surface area contributed by atoms with Gasteiger partial charge in [0, 0.05) is 31.0 Å². The van der Waals surface area contributed by atoms with Crippen LogP contribution in [0.2, 0.25) is 0 Å². The molecular weight excluding hydrogens is 336 g/mol. The van der Waals surface area contributed by atoms with Gasteiger partial charge in [-0.1, -0.05) is 29.8 Å². The standard InChI is InChI=1S/C21H26N6/c1-4-27(5-2)19-12-10-18(11-13-19)24-20-15-23-26-21(25-20)22-14-17-8-6-16(3)7-9-17/h6-13,15H,4-5,14H2,1-3H3,(H2,22,24,25,26). The van der Waals surface area contributed by atoms with Crippen molar-refractivity contribution in [1.82, 2.24) is 15.2 Å². The van der Waals surface area contributed by atoms with E-state index in [1.54, 1.807) is 6.20 Å². The summed E-state index contributed by atoms with van der Waals surface area (Å²) in [7, 11) is 0. The molecule has 0 saturated heterocycles. The Bertz CT molecular complexity index is 841. The van der Waals surface area contributed by atoms with Crippen LogP contribution in [0.1, 0.15) is 25.0 Å². The van der Waals surface area contributed by atoms with Crippen LogP contribution in [-0.4, -0.2) is 28.3 Å². The van der Waals surface area contributed by atoms with Gasteiger partial charge in [-0.25, -0.2) is 0 Å². The van der Waals surface area contributed by atoms with Crippen molar-refractivity contribution in [2.24, 2.45) is 0 Å². The molecule has 2 N–H and O–H groups in total. The first-order valence-corrected chi connectivity index (χ1v) is 9.29. The van der Waals surface area contributed by atoms with Crippen molar-refractivity contribution in [3.63, 3.8) is 0 Å². The number of nitrogens with one attached hydrogen (secondary N) is 2. The molecule has 0 aliphatic carbocycles. The van der Waals surface area contributed by atoms with E-state index in [0.29, 0.717) is 18.3 Å². The van der Waals surface area contributed by atoms with Gasteiger partial charge in [-0.3, -0.25) is 0 Å². The van der Waals surface area contributed by atoms with E-state index in [-0.39, 0.29) is 0 Å². The molecule has 0 fully saturated rings. The molecular formula is C21H26N6. The minimum Gasteiger partial charge on any atom is -0.372 e. The Labute approximate surface area is 160 Å². The number of aryl methyl sites for hydroxylation is 1. The Kier molecular flexibility index (Phi) is 6.20. The van der Waals surface area contributed by atoms with Gasteiger partial charge in [0.1, 0.15) is 0 Å². The molecule has 0 bridgehead atoms. The van der Waals surface area contributed by atoms with Crippen LogP contribution in [0.15, 0.2) is 54.7 Å². The normalized spacial score (nSPS) is 10.5. The summed E-state index contributed by atoms with van der Waals surface area (Å²) in [6.45, 7) is 9.04. The average Bonchev–Trinajstić information content (AvgIpc) is 2.70. The fraction of sp³-hybridized carbons (Fsp3) is 0.286. The van der Waals surface area contributed by atoms with Gasteiger partial charge in [0.25, 0.3) is 0 Å². The SMILES string of the molecule is CCN(CC)c1ccc(Nc2cnnc(NCc3ccc(C)cc3)n2)cc1. The molecule has 0 saturated carbocycles. The number of anilines is 4. The van der Waals surface area contributed by atoms with E-state index in [1.807, 2.05) is 0 Å². The highest BCUT2D eigenvalue weighted by Gasteiger charge is 2.04. The Morgan fingerprint density at radius 1 is 0.926 bits per heavy atom. The first-order chi connectivity index (χ1) is 13.2. The summed E-state index contributed by atoms with van der Waals surface area (Å²) >= 11 is 0. The third-order valence-corrected chi connectivity index (χ3v) is 4.40. The quantitative estimate of drug-likeness (QED) is 0.620. The van der Waals surface area contributed by atoms with Crippen molar-refractivity contribution in [2.75, 3.05) is 28.6 Å². The van der Waals surface area contributed by atoms with Crippen LogP contribution in [0.5, 0.6) is 0 Å². The number of hydrogen-bond donors (Lipinski definition) is 2. The lowest BCUT2D eigenvalue weighted by Gasteiger charge is -2.21. The number of hydrogen-bond acceptors (Lipinski definition) is 6. The van der Waals surface area contributed by atoms with E-state index in [0.717, 1.165) is 18.8 Å². The lowest BCUT2D eigenvalue weighted by molar-refractivity contribution is 0.866. The van der Waals surface area contributed by atoms with Crippen molar-refractivity contribution in [3.8, 4) is 0 Å². The molecule has 1 aromatic heterocycles. The Hall–Kier alpha value is -3.15. The first-order valence-electron chi connectivity index (χ1n) is 9.29. The zero-order valence-electron chi connectivity index (χ0n) is 16.1. The second kappa shape index (κ2) is 8.98. The van der Waals surface area contributed by atoms with Crippen molar-refractivity contribution in [1.29, 1.82) is 0 Å². The molecule has 0 amide bonds. The van der Waals surface area contributed by atoms with Crippen molar-refractivity contribution in [2.45, 2.75) is 27.3 Å². The molecule has 140 valence electrons. The minimum absolute atomic E-state index is 0.500. The highest BCUT2D eigenvalue weighted by Crippen LogP contribution is 2.20. The number of rotatable bonds is 8. The Morgan fingerprint density at radius 3 is 2.30 bits per heavy atom. The summed E-state index contributed by atoms with van der Waals surface area (Å²) in [5.41, 5.74) is 4.60. The van der Waals surface area contributed by atoms with Crippen molar-refractivity contribution < 1.29 is 0 Å². The number of aromatic nitrogens is 3. The third kappa shape index (κ3) is 5.17. The van der Waals surface area contributed by atoms with Crippen LogP contribution in [0.4, 0.5) is 23.1 Å². The predicted octanol–water partition coefficient (Wildman–Crippen LogP) is 4.38. The molecule has 3 rings (SSSR count). The average molecular weight is 362 g/mol. The van der Waals surface area contributed by atoms with E-state index < -0.39 is 0 Å². The van der Waals surface area contributed by atoms with Gasteiger partial charge in [-0.2, -0.15) is 10.1 Å². The maximum absolute atomic E-state index is 4.48. The molecule has 0 aliphatic rings. The van der Waals surface area contributed by atoms with Crippen LogP contribution >= 0.6 is 0 Å². The molecule has 6 heteroatoms. The molecule has 27 heavy (non-hydrogen) atoms. The van der Waals surface area contributed by atoms with Crippen LogP contribution in [-0.2, 0) is 6.54 Å². The first kappa shape index (κ1) is 18.6. The van der Waals surface area contributed by atoms with Crippen LogP contribution < -0.4 is 15.5 Å². The lowest BCUT2D eigenvalue weighted by atomic mass is 10.1. The van der Waals surface area contributed by atoms with E-state index in [1.165, 1.54) is 16.8 Å². The summed E-state index contributed by atoms with van der Waals surface area (Å²) in [5, 5.41) is 14.6. The maximum Gasteiger partial charge on any atom is 0.244 e. The summed E-state index contributed by atoms with van der Waals surface area (Å²) in [4.78, 5) is 6.79. The summed E-state index contributed by atoms with van der Waals surface area (Å²) < 4.78 is 0. The molecule has 0 atom stereocenters. The monoisotopic (exact) mass is 362 g/mol. The van der Waals surface area contributed by atoms with Crippen molar-refractivity contribution in [3.05, 3.63) is 65.9 Å². The van der Waals surface area contributed by atoms with Gasteiger partial charge >= 0.3 is 0 Å². The van der Waals surface area contributed by atoms with E-state index in [9.17, 15) is 0 Å². The van der Waals surface area contributed by atoms with Crippen LogP contribution in [0, 0.1) is 6.92 Å². The van der Waals surface area contributed by atoms with E-state index in [2.05, 4.69) is 100 Å². The number of nitrogens with zero attached hydrogens (tertiary/aromatic N) is 4. The molecule has 6 nitrogen and oxygen atoms in total. The van der Waals surface area contributed by atoms with Gasteiger partial charge in [0.2, 0.25) is 5.95 Å². The Morgan fingerprint density at radius 2 is 1.63 bits per heavy atom.